The quantitative estimate of drug-likeness (QED) is 0.204. The summed E-state index contributed by atoms with van der Waals surface area (Å²) in [5.41, 5.74) is 4.49. The molecule has 7 heteroatoms. The van der Waals surface area contributed by atoms with E-state index >= 15 is 0 Å². The minimum Gasteiger partial charge on any atom is -0.507 e. The summed E-state index contributed by atoms with van der Waals surface area (Å²) in [6.07, 6.45) is 1.70. The van der Waals surface area contributed by atoms with Crippen molar-refractivity contribution in [3.63, 3.8) is 0 Å². The number of aromatic amines is 1. The van der Waals surface area contributed by atoms with Gasteiger partial charge < -0.3 is 14.8 Å². The van der Waals surface area contributed by atoms with Gasteiger partial charge in [0.25, 0.3) is 11.7 Å². The lowest BCUT2D eigenvalue weighted by molar-refractivity contribution is -0.132. The van der Waals surface area contributed by atoms with Gasteiger partial charge in [0, 0.05) is 38.4 Å². The first-order valence-corrected chi connectivity index (χ1v) is 12.2. The first kappa shape index (κ1) is 22.4. The Labute approximate surface area is 212 Å². The van der Waals surface area contributed by atoms with E-state index < -0.39 is 17.7 Å². The Hall–Kier alpha value is -4.03. The lowest BCUT2D eigenvalue weighted by Gasteiger charge is -2.26. The molecule has 180 valence electrons. The number of aliphatic hydroxyl groups excluding tert-OH is 1. The molecule has 4 aromatic rings. The maximum absolute atomic E-state index is 13.5. The summed E-state index contributed by atoms with van der Waals surface area (Å²) in [7, 11) is 0. The molecule has 1 aromatic heterocycles. The molecule has 0 saturated carbocycles. The van der Waals surface area contributed by atoms with Crippen molar-refractivity contribution in [3.05, 3.63) is 99.7 Å². The first-order chi connectivity index (χ1) is 17.4. The van der Waals surface area contributed by atoms with Crippen LogP contribution in [0.4, 0.5) is 5.69 Å². The van der Waals surface area contributed by atoms with Crippen LogP contribution in [0.3, 0.4) is 0 Å². The first-order valence-electron chi connectivity index (χ1n) is 11.8. The van der Waals surface area contributed by atoms with E-state index in [9.17, 15) is 14.7 Å². The number of nitrogens with zero attached hydrogens (tertiary/aromatic N) is 1. The number of nitrogens with one attached hydrogen (secondary N) is 1. The van der Waals surface area contributed by atoms with Crippen LogP contribution in [0.2, 0.25) is 5.02 Å². The minimum absolute atomic E-state index is 0.0551. The van der Waals surface area contributed by atoms with Gasteiger partial charge in [-0.2, -0.15) is 0 Å². The number of aliphatic hydroxyl groups is 1. The number of fused-ring (bicyclic) bond motifs is 2. The number of amides is 1. The topological polar surface area (TPSA) is 82.6 Å². The van der Waals surface area contributed by atoms with Gasteiger partial charge in [-0.25, -0.2) is 0 Å². The summed E-state index contributed by atoms with van der Waals surface area (Å²) in [5, 5.41) is 13.0. The number of H-pyrrole nitrogens is 1. The Morgan fingerprint density at radius 1 is 1.08 bits per heavy atom. The summed E-state index contributed by atoms with van der Waals surface area (Å²) >= 11 is 6.10. The lowest BCUT2D eigenvalue weighted by Crippen LogP contribution is -2.29. The lowest BCUT2D eigenvalue weighted by atomic mass is 9.92. The van der Waals surface area contributed by atoms with Gasteiger partial charge in [-0.3, -0.25) is 14.5 Å². The highest BCUT2D eigenvalue weighted by Gasteiger charge is 2.48. The standard InChI is InChI=1S/C29H23ClN2O4/c1-16-24(21-6-2-3-7-22(21)31-16)26-25(27(33)18-8-13-23-17(15-18)5-4-14-36-23)28(34)29(35)32(26)20-11-9-19(30)10-12-20/h2-3,6-13,15,26,31,33H,4-5,14H2,1H3/b27-25+. The number of rotatable bonds is 3. The monoisotopic (exact) mass is 498 g/mol. The third kappa shape index (κ3) is 3.48. The Kier molecular flexibility index (Phi) is 5.34. The Balaban J connectivity index is 1.60. The second-order valence-corrected chi connectivity index (χ2v) is 9.57. The minimum atomic E-state index is -0.824. The van der Waals surface area contributed by atoms with Gasteiger partial charge in [-0.15, -0.1) is 0 Å². The fourth-order valence-electron chi connectivity index (χ4n) is 5.29. The largest absolute Gasteiger partial charge is 0.507 e. The van der Waals surface area contributed by atoms with Crippen molar-refractivity contribution in [1.29, 1.82) is 0 Å². The number of hydrogen-bond donors (Lipinski definition) is 2. The SMILES string of the molecule is Cc1[nH]c2ccccc2c1C1/C(=C(\O)c2ccc3c(c2)CCCO3)C(=O)C(=O)N1c1ccc(Cl)cc1. The average Bonchev–Trinajstić information content (AvgIpc) is 3.36. The molecule has 2 aliphatic rings. The third-order valence-corrected chi connectivity index (χ3v) is 7.20. The Morgan fingerprint density at radius 2 is 1.86 bits per heavy atom. The molecule has 1 atom stereocenters. The summed E-state index contributed by atoms with van der Waals surface area (Å²) < 4.78 is 5.71. The van der Waals surface area contributed by atoms with E-state index in [2.05, 4.69) is 4.98 Å². The molecule has 3 aromatic carbocycles. The number of Topliss-reactive ketones (excluding diaryl/α,β-unsaturated/α-hetero) is 1. The zero-order valence-electron chi connectivity index (χ0n) is 19.5. The molecule has 1 saturated heterocycles. The van der Waals surface area contributed by atoms with E-state index in [1.807, 2.05) is 43.3 Å². The maximum Gasteiger partial charge on any atom is 0.300 e. The molecule has 36 heavy (non-hydrogen) atoms. The van der Waals surface area contributed by atoms with Crippen molar-refractivity contribution in [3.8, 4) is 5.75 Å². The molecule has 0 spiro atoms. The second-order valence-electron chi connectivity index (χ2n) is 9.13. The fraction of sp³-hybridized carbons (Fsp3) is 0.172. The molecule has 3 heterocycles. The zero-order valence-corrected chi connectivity index (χ0v) is 20.3. The number of ketones is 1. The Bertz CT molecular complexity index is 1570. The van der Waals surface area contributed by atoms with Crippen LogP contribution >= 0.6 is 11.6 Å². The van der Waals surface area contributed by atoms with E-state index in [1.165, 1.54) is 4.90 Å². The molecule has 0 radical (unpaired) electrons. The molecule has 1 fully saturated rings. The molecule has 2 N–H and O–H groups in total. The van der Waals surface area contributed by atoms with Crippen molar-refractivity contribution in [1.82, 2.24) is 4.98 Å². The predicted octanol–water partition coefficient (Wildman–Crippen LogP) is 6.08. The molecule has 1 amide bonds. The van der Waals surface area contributed by atoms with Crippen molar-refractivity contribution < 1.29 is 19.4 Å². The number of ether oxygens (including phenoxy) is 1. The van der Waals surface area contributed by atoms with Crippen LogP contribution in [0.25, 0.3) is 16.7 Å². The van der Waals surface area contributed by atoms with E-state index in [0.29, 0.717) is 22.9 Å². The summed E-state index contributed by atoms with van der Waals surface area (Å²) in [4.78, 5) is 31.8. The molecule has 0 aliphatic carbocycles. The zero-order chi connectivity index (χ0) is 25.0. The number of aryl methyl sites for hydroxylation is 2. The van der Waals surface area contributed by atoms with Gasteiger partial charge >= 0.3 is 0 Å². The van der Waals surface area contributed by atoms with Gasteiger partial charge in [-0.05, 0) is 73.9 Å². The van der Waals surface area contributed by atoms with Crippen molar-refractivity contribution in [2.75, 3.05) is 11.5 Å². The van der Waals surface area contributed by atoms with Crippen molar-refractivity contribution in [2.45, 2.75) is 25.8 Å². The van der Waals surface area contributed by atoms with Crippen molar-refractivity contribution in [2.24, 2.45) is 0 Å². The molecule has 0 bridgehead atoms. The number of halogens is 1. The molecule has 6 nitrogen and oxygen atoms in total. The number of para-hydroxylation sites is 1. The van der Waals surface area contributed by atoms with Crippen LogP contribution in [0.15, 0.2) is 72.3 Å². The van der Waals surface area contributed by atoms with Gasteiger partial charge in [-0.1, -0.05) is 29.8 Å². The highest BCUT2D eigenvalue weighted by molar-refractivity contribution is 6.52. The highest BCUT2D eigenvalue weighted by atomic mass is 35.5. The van der Waals surface area contributed by atoms with Crippen LogP contribution in [-0.2, 0) is 16.0 Å². The predicted molar refractivity (Wildman–Crippen MR) is 140 cm³/mol. The van der Waals surface area contributed by atoms with E-state index in [1.54, 1.807) is 30.3 Å². The van der Waals surface area contributed by atoms with Gasteiger partial charge in [0.1, 0.15) is 11.5 Å². The van der Waals surface area contributed by atoms with Crippen LogP contribution in [0.5, 0.6) is 5.75 Å². The summed E-state index contributed by atoms with van der Waals surface area (Å²) in [6.45, 7) is 2.57. The average molecular weight is 499 g/mol. The van der Waals surface area contributed by atoms with Crippen LogP contribution < -0.4 is 9.64 Å². The van der Waals surface area contributed by atoms with Crippen LogP contribution in [0.1, 0.15) is 34.8 Å². The highest BCUT2D eigenvalue weighted by Crippen LogP contribution is 2.46. The summed E-state index contributed by atoms with van der Waals surface area (Å²) in [5.74, 6) is -0.850. The molecular formula is C29H23ClN2O4. The normalized spacial score (nSPS) is 18.9. The fourth-order valence-corrected chi connectivity index (χ4v) is 5.41. The maximum atomic E-state index is 13.5. The second kappa shape index (κ2) is 8.57. The van der Waals surface area contributed by atoms with E-state index in [0.717, 1.165) is 46.3 Å². The van der Waals surface area contributed by atoms with E-state index in [4.69, 9.17) is 16.3 Å². The molecular weight excluding hydrogens is 476 g/mol. The smallest absolute Gasteiger partial charge is 0.300 e. The molecule has 1 unspecified atom stereocenters. The van der Waals surface area contributed by atoms with Crippen LogP contribution in [0, 0.1) is 6.92 Å². The number of hydrogen-bond acceptors (Lipinski definition) is 4. The van der Waals surface area contributed by atoms with Gasteiger partial charge in [0.15, 0.2) is 0 Å². The van der Waals surface area contributed by atoms with Crippen molar-refractivity contribution >= 4 is 45.6 Å². The van der Waals surface area contributed by atoms with E-state index in [-0.39, 0.29) is 11.3 Å². The number of benzene rings is 3. The van der Waals surface area contributed by atoms with Crippen LogP contribution in [-0.4, -0.2) is 28.4 Å². The summed E-state index contributed by atoms with van der Waals surface area (Å²) in [6, 6.07) is 19.1. The molecule has 2 aliphatic heterocycles. The third-order valence-electron chi connectivity index (χ3n) is 6.95. The number of aromatic nitrogens is 1. The molecule has 6 rings (SSSR count). The Morgan fingerprint density at radius 3 is 2.67 bits per heavy atom. The van der Waals surface area contributed by atoms with Gasteiger partial charge in [0.05, 0.1) is 18.2 Å². The number of carbonyl (C=O) groups excluding carboxylic acids is 2. The number of carbonyl (C=O) groups is 2. The number of anilines is 1. The van der Waals surface area contributed by atoms with Gasteiger partial charge in [0.2, 0.25) is 0 Å².